The van der Waals surface area contributed by atoms with Crippen molar-refractivity contribution in [2.45, 2.75) is 46.6 Å². The molecule has 0 fully saturated rings. The average Bonchev–Trinajstić information content (AvgIpc) is 3.57. The molecule has 202 valence electrons. The van der Waals surface area contributed by atoms with E-state index in [4.69, 9.17) is 4.74 Å². The van der Waals surface area contributed by atoms with Crippen LogP contribution in [0.15, 0.2) is 61.2 Å². The van der Waals surface area contributed by atoms with Crippen molar-refractivity contribution in [1.82, 2.24) is 25.0 Å². The van der Waals surface area contributed by atoms with Gasteiger partial charge in [0.2, 0.25) is 0 Å². The minimum atomic E-state index is -0.458. The molecule has 0 saturated carbocycles. The van der Waals surface area contributed by atoms with Crippen LogP contribution in [0.5, 0.6) is 11.5 Å². The molecule has 0 saturated heterocycles. The van der Waals surface area contributed by atoms with E-state index in [0.717, 1.165) is 39.0 Å². The maximum Gasteiger partial charge on any atom is 0.138 e. The van der Waals surface area contributed by atoms with Gasteiger partial charge in [-0.1, -0.05) is 6.07 Å². The maximum absolute atomic E-state index is 14.3. The highest BCUT2D eigenvalue weighted by atomic mass is 19.1. The van der Waals surface area contributed by atoms with Gasteiger partial charge < -0.3 is 14.8 Å². The van der Waals surface area contributed by atoms with Crippen molar-refractivity contribution < 1.29 is 13.9 Å². The fraction of sp³-hybridized carbons (Fsp3) is 0.267. The van der Waals surface area contributed by atoms with Gasteiger partial charge in [-0.2, -0.15) is 10.2 Å². The topological polar surface area (TPSA) is 97.7 Å². The summed E-state index contributed by atoms with van der Waals surface area (Å²) in [6.45, 7) is 10.2. The summed E-state index contributed by atoms with van der Waals surface area (Å²) in [7, 11) is 1.89. The molecule has 0 radical (unpaired) electrons. The highest BCUT2D eigenvalue weighted by molar-refractivity contribution is 5.89. The monoisotopic (exact) mass is 528 g/mol. The molecular formula is C30H33FN6O2. The van der Waals surface area contributed by atoms with Crippen LogP contribution in [-0.2, 0) is 16.8 Å². The Morgan fingerprint density at radius 1 is 1.10 bits per heavy atom. The fourth-order valence-corrected chi connectivity index (χ4v) is 4.04. The molecule has 5 rings (SSSR count). The van der Waals surface area contributed by atoms with Crippen molar-refractivity contribution >= 4 is 22.9 Å². The first kappa shape index (κ1) is 27.5. The number of aromatic amines is 1. The summed E-state index contributed by atoms with van der Waals surface area (Å²) < 4.78 is 22.3. The zero-order chi connectivity index (χ0) is 28.2. The first-order chi connectivity index (χ1) is 18.6. The minimum absolute atomic E-state index is 0.0402. The zero-order valence-electron chi connectivity index (χ0n) is 23.0. The number of nitrogens with zero attached hydrogens (tertiary/aromatic N) is 4. The number of hydrogen-bond donors (Lipinski definition) is 2. The van der Waals surface area contributed by atoms with Crippen LogP contribution < -0.4 is 10.1 Å². The molecule has 3 heterocycles. The van der Waals surface area contributed by atoms with Crippen LogP contribution in [0.3, 0.4) is 0 Å². The molecule has 0 aliphatic carbocycles. The number of carbonyl (C=O) groups is 1. The van der Waals surface area contributed by atoms with Gasteiger partial charge in [0, 0.05) is 48.6 Å². The Bertz CT molecular complexity index is 1600. The van der Waals surface area contributed by atoms with Gasteiger partial charge in [0.15, 0.2) is 0 Å². The van der Waals surface area contributed by atoms with Crippen molar-refractivity contribution in [3.8, 4) is 22.6 Å². The summed E-state index contributed by atoms with van der Waals surface area (Å²) in [4.78, 5) is 15.1. The summed E-state index contributed by atoms with van der Waals surface area (Å²) in [5, 5.41) is 15.1. The number of fused-ring (bicyclic) bond motifs is 1. The first-order valence-corrected chi connectivity index (χ1v) is 12.6. The Balaban J connectivity index is 0.000000270. The zero-order valence-corrected chi connectivity index (χ0v) is 23.0. The number of rotatable bonds is 6. The maximum atomic E-state index is 14.3. The molecule has 2 aromatic carbocycles. The van der Waals surface area contributed by atoms with Gasteiger partial charge in [-0.05, 0) is 75.6 Å². The van der Waals surface area contributed by atoms with E-state index in [9.17, 15) is 9.18 Å². The second-order valence-electron chi connectivity index (χ2n) is 10.2. The van der Waals surface area contributed by atoms with Crippen LogP contribution >= 0.6 is 0 Å². The lowest BCUT2D eigenvalue weighted by molar-refractivity contribution is -0.107. The van der Waals surface area contributed by atoms with Crippen molar-refractivity contribution in [1.29, 1.82) is 0 Å². The van der Waals surface area contributed by atoms with Gasteiger partial charge in [0.05, 0.1) is 29.1 Å². The van der Waals surface area contributed by atoms with Crippen LogP contribution in [-0.4, -0.2) is 38.3 Å². The quantitative estimate of drug-likeness (QED) is 0.241. The molecule has 0 amide bonds. The van der Waals surface area contributed by atoms with E-state index in [0.29, 0.717) is 23.3 Å². The number of aromatic nitrogens is 5. The molecule has 9 heteroatoms. The highest BCUT2D eigenvalue weighted by Crippen LogP contribution is 2.34. The third kappa shape index (κ3) is 6.31. The molecule has 0 spiro atoms. The summed E-state index contributed by atoms with van der Waals surface area (Å²) >= 11 is 0. The predicted octanol–water partition coefficient (Wildman–Crippen LogP) is 6.59. The number of aryl methyl sites for hydroxylation is 2. The third-order valence-electron chi connectivity index (χ3n) is 6.27. The number of H-pyrrole nitrogens is 1. The molecule has 2 N–H and O–H groups in total. The van der Waals surface area contributed by atoms with Crippen molar-refractivity contribution in [3.63, 3.8) is 0 Å². The number of anilines is 1. The van der Waals surface area contributed by atoms with E-state index in [1.54, 1.807) is 24.5 Å². The van der Waals surface area contributed by atoms with Crippen LogP contribution in [0, 0.1) is 19.7 Å². The lowest BCUT2D eigenvalue weighted by atomic mass is 10.0. The van der Waals surface area contributed by atoms with Gasteiger partial charge in [0.25, 0.3) is 0 Å². The normalized spacial score (nSPS) is 11.2. The lowest BCUT2D eigenvalue weighted by Gasteiger charge is -2.18. The van der Waals surface area contributed by atoms with Gasteiger partial charge in [-0.25, -0.2) is 4.39 Å². The number of carbonyl (C=O) groups excluding carboxylic acids is 1. The van der Waals surface area contributed by atoms with Crippen LogP contribution in [0.2, 0.25) is 0 Å². The summed E-state index contributed by atoms with van der Waals surface area (Å²) in [5.41, 5.74) is 5.97. The van der Waals surface area contributed by atoms with Crippen LogP contribution in [0.1, 0.15) is 37.6 Å². The summed E-state index contributed by atoms with van der Waals surface area (Å²) in [5.74, 6) is 0.531. The van der Waals surface area contributed by atoms with Crippen molar-refractivity contribution in [2.75, 3.05) is 12.4 Å². The van der Waals surface area contributed by atoms with E-state index < -0.39 is 5.82 Å². The number of nitrogens with one attached hydrogen (secondary N) is 2. The molecule has 5 aromatic rings. The molecule has 8 nitrogen and oxygen atoms in total. The molecule has 3 aromatic heterocycles. The number of aldehydes is 1. The van der Waals surface area contributed by atoms with E-state index in [2.05, 4.69) is 46.4 Å². The number of halogens is 1. The van der Waals surface area contributed by atoms with E-state index in [-0.39, 0.29) is 12.0 Å². The fourth-order valence-electron chi connectivity index (χ4n) is 4.04. The standard InChI is InChI=1S/C22H18FN3O2.C8H15N3/c1-13-9-16(6-8-27)19(23)11-22(13)28-21-5-7-24-20-4-3-15(10-17(20)21)18-12-25-26-14(18)2;1-8(2,3)11-6-7(9-4)5-10-11/h3-5,7-12H,6H2,1-2H3,(H,25,26);5-6,9H,1-4H3. The Hall–Kier alpha value is -4.53. The molecular weight excluding hydrogens is 495 g/mol. The smallest absolute Gasteiger partial charge is 0.138 e. The average molecular weight is 529 g/mol. The summed E-state index contributed by atoms with van der Waals surface area (Å²) in [6, 6.07) is 10.6. The summed E-state index contributed by atoms with van der Waals surface area (Å²) in [6.07, 6.45) is 7.99. The van der Waals surface area contributed by atoms with Crippen LogP contribution in [0.25, 0.3) is 22.0 Å². The first-order valence-electron chi connectivity index (χ1n) is 12.6. The predicted molar refractivity (Wildman–Crippen MR) is 152 cm³/mol. The van der Waals surface area contributed by atoms with Gasteiger partial charge in [-0.15, -0.1) is 0 Å². The third-order valence-corrected chi connectivity index (χ3v) is 6.27. The van der Waals surface area contributed by atoms with Crippen molar-refractivity contribution in [3.05, 3.63) is 83.8 Å². The molecule has 39 heavy (non-hydrogen) atoms. The second-order valence-corrected chi connectivity index (χ2v) is 10.2. The van der Waals surface area contributed by atoms with Gasteiger partial charge in [0.1, 0.15) is 23.6 Å². The molecule has 0 unspecified atom stereocenters. The SMILES string of the molecule is CNc1cnn(C(C)(C)C)c1.Cc1cc(CC=O)c(F)cc1Oc1ccnc2ccc(-c3cn[nH]c3C)cc12. The Kier molecular flexibility index (Phi) is 8.09. The Labute approximate surface area is 227 Å². The largest absolute Gasteiger partial charge is 0.456 e. The number of hydrogen-bond acceptors (Lipinski definition) is 6. The highest BCUT2D eigenvalue weighted by Gasteiger charge is 2.14. The second kappa shape index (κ2) is 11.5. The number of ether oxygens (including phenoxy) is 1. The number of benzene rings is 2. The molecule has 0 bridgehead atoms. The van der Waals surface area contributed by atoms with E-state index in [1.807, 2.05) is 56.2 Å². The van der Waals surface area contributed by atoms with Gasteiger partial charge in [-0.3, -0.25) is 14.8 Å². The van der Waals surface area contributed by atoms with Crippen molar-refractivity contribution in [2.24, 2.45) is 0 Å². The lowest BCUT2D eigenvalue weighted by Crippen LogP contribution is -2.21. The molecule has 0 atom stereocenters. The minimum Gasteiger partial charge on any atom is -0.456 e. The van der Waals surface area contributed by atoms with E-state index >= 15 is 0 Å². The number of pyridine rings is 1. The Morgan fingerprint density at radius 2 is 1.90 bits per heavy atom. The van der Waals surface area contributed by atoms with Gasteiger partial charge >= 0.3 is 0 Å². The van der Waals surface area contributed by atoms with Crippen LogP contribution in [0.4, 0.5) is 10.1 Å². The molecule has 0 aliphatic rings. The van der Waals surface area contributed by atoms with E-state index in [1.165, 1.54) is 6.07 Å². The molecule has 0 aliphatic heterocycles. The Morgan fingerprint density at radius 3 is 2.51 bits per heavy atom.